The van der Waals surface area contributed by atoms with Crippen LogP contribution in [0, 0.1) is 23.7 Å². The molecule has 98 valence electrons. The maximum atomic E-state index is 3.55. The Hall–Kier alpha value is -0.0800. The highest BCUT2D eigenvalue weighted by molar-refractivity contribution is 4.94. The van der Waals surface area contributed by atoms with Gasteiger partial charge in [0.1, 0.15) is 0 Å². The first-order chi connectivity index (χ1) is 8.24. The Bertz CT molecular complexity index is 252. The molecule has 2 heteroatoms. The van der Waals surface area contributed by atoms with E-state index in [2.05, 4.69) is 24.1 Å². The van der Waals surface area contributed by atoms with Crippen molar-refractivity contribution in [3.63, 3.8) is 0 Å². The molecule has 0 aromatic rings. The molecule has 17 heavy (non-hydrogen) atoms. The average Bonchev–Trinajstić information content (AvgIpc) is 2.89. The lowest BCUT2D eigenvalue weighted by molar-refractivity contribution is 0.129. The predicted molar refractivity (Wildman–Crippen MR) is 72.0 cm³/mol. The maximum absolute atomic E-state index is 3.55. The number of hydrogen-bond donors (Lipinski definition) is 1. The summed E-state index contributed by atoms with van der Waals surface area (Å²) in [5.74, 6) is 3.82. The lowest BCUT2D eigenvalue weighted by atomic mass is 9.79. The number of rotatable bonds is 2. The molecule has 1 saturated carbocycles. The van der Waals surface area contributed by atoms with Gasteiger partial charge in [-0.05, 0) is 49.6 Å². The summed E-state index contributed by atoms with van der Waals surface area (Å²) in [6.45, 7) is 10.1. The van der Waals surface area contributed by atoms with Crippen LogP contribution < -0.4 is 5.32 Å². The van der Waals surface area contributed by atoms with Gasteiger partial charge >= 0.3 is 0 Å². The first-order valence-corrected chi connectivity index (χ1v) is 7.69. The molecule has 0 aromatic carbocycles. The molecule has 0 aromatic heterocycles. The zero-order chi connectivity index (χ0) is 11.8. The van der Waals surface area contributed by atoms with Gasteiger partial charge in [0.15, 0.2) is 0 Å². The number of nitrogens with zero attached hydrogens (tertiary/aromatic N) is 1. The summed E-state index contributed by atoms with van der Waals surface area (Å²) < 4.78 is 0. The van der Waals surface area contributed by atoms with Crippen molar-refractivity contribution in [2.45, 2.75) is 45.6 Å². The van der Waals surface area contributed by atoms with Gasteiger partial charge in [-0.25, -0.2) is 0 Å². The minimum Gasteiger partial charge on any atom is -0.316 e. The van der Waals surface area contributed by atoms with Crippen LogP contribution >= 0.6 is 0 Å². The van der Waals surface area contributed by atoms with E-state index in [-0.39, 0.29) is 0 Å². The third-order valence-corrected chi connectivity index (χ3v) is 5.56. The van der Waals surface area contributed by atoms with Crippen molar-refractivity contribution in [1.82, 2.24) is 10.2 Å². The van der Waals surface area contributed by atoms with Gasteiger partial charge in [0.2, 0.25) is 0 Å². The van der Waals surface area contributed by atoms with Crippen LogP contribution in [-0.4, -0.2) is 37.1 Å². The minimum absolute atomic E-state index is 0.890. The van der Waals surface area contributed by atoms with Crippen LogP contribution in [0.1, 0.15) is 39.5 Å². The fourth-order valence-corrected chi connectivity index (χ4v) is 4.33. The molecule has 2 heterocycles. The topological polar surface area (TPSA) is 15.3 Å². The van der Waals surface area contributed by atoms with Crippen molar-refractivity contribution in [1.29, 1.82) is 0 Å². The van der Waals surface area contributed by atoms with Crippen molar-refractivity contribution in [2.24, 2.45) is 23.7 Å². The first-order valence-electron chi connectivity index (χ1n) is 7.69. The quantitative estimate of drug-likeness (QED) is 0.792. The highest BCUT2D eigenvalue weighted by Crippen LogP contribution is 2.36. The highest BCUT2D eigenvalue weighted by atomic mass is 15.2. The molecule has 0 bridgehead atoms. The Morgan fingerprint density at radius 2 is 1.76 bits per heavy atom. The second-order valence-corrected chi connectivity index (χ2v) is 6.96. The number of hydrogen-bond acceptors (Lipinski definition) is 2. The lowest BCUT2D eigenvalue weighted by Gasteiger charge is -2.37. The van der Waals surface area contributed by atoms with E-state index < -0.39 is 0 Å². The Balaban J connectivity index is 1.58. The van der Waals surface area contributed by atoms with Gasteiger partial charge < -0.3 is 5.32 Å². The van der Waals surface area contributed by atoms with Crippen molar-refractivity contribution in [2.75, 3.05) is 26.2 Å². The Morgan fingerprint density at radius 1 is 1.06 bits per heavy atom. The third-order valence-electron chi connectivity index (χ3n) is 5.56. The zero-order valence-corrected chi connectivity index (χ0v) is 11.5. The molecule has 3 aliphatic rings. The number of likely N-dealkylation sites (tertiary alicyclic amines) is 1. The summed E-state index contributed by atoms with van der Waals surface area (Å²) in [5.41, 5.74) is 0. The van der Waals surface area contributed by atoms with Crippen LogP contribution in [0.5, 0.6) is 0 Å². The molecule has 0 radical (unpaired) electrons. The molecular weight excluding hydrogens is 208 g/mol. The van der Waals surface area contributed by atoms with Gasteiger partial charge in [-0.2, -0.15) is 0 Å². The van der Waals surface area contributed by atoms with E-state index in [4.69, 9.17) is 0 Å². The van der Waals surface area contributed by atoms with E-state index in [0.29, 0.717) is 0 Å². The maximum Gasteiger partial charge on any atom is 0.00982 e. The molecule has 4 atom stereocenters. The van der Waals surface area contributed by atoms with Crippen molar-refractivity contribution < 1.29 is 0 Å². The molecule has 2 nitrogen and oxygen atoms in total. The van der Waals surface area contributed by atoms with Gasteiger partial charge in [0.05, 0.1) is 0 Å². The van der Waals surface area contributed by atoms with E-state index in [0.717, 1.165) is 29.7 Å². The molecule has 4 unspecified atom stereocenters. The zero-order valence-electron chi connectivity index (χ0n) is 11.5. The molecular formula is C15H28N2. The van der Waals surface area contributed by atoms with E-state index >= 15 is 0 Å². The molecule has 3 rings (SSSR count). The van der Waals surface area contributed by atoms with Gasteiger partial charge in [0.25, 0.3) is 0 Å². The smallest absolute Gasteiger partial charge is 0.00982 e. The van der Waals surface area contributed by atoms with E-state index in [1.54, 1.807) is 0 Å². The molecule has 3 fully saturated rings. The summed E-state index contributed by atoms with van der Waals surface area (Å²) in [6.07, 6.45) is 5.90. The van der Waals surface area contributed by atoms with Crippen LogP contribution in [-0.2, 0) is 0 Å². The highest BCUT2D eigenvalue weighted by Gasteiger charge is 2.39. The van der Waals surface area contributed by atoms with Gasteiger partial charge in [0, 0.05) is 19.1 Å². The molecule has 1 N–H and O–H groups in total. The average molecular weight is 236 g/mol. The summed E-state index contributed by atoms with van der Waals surface area (Å²) >= 11 is 0. The molecule has 2 aliphatic heterocycles. The van der Waals surface area contributed by atoms with Gasteiger partial charge in [-0.15, -0.1) is 0 Å². The fourth-order valence-electron chi connectivity index (χ4n) is 4.33. The summed E-state index contributed by atoms with van der Waals surface area (Å²) in [6, 6.07) is 0.918. The lowest BCUT2D eigenvalue weighted by Crippen LogP contribution is -2.39. The SMILES string of the molecule is CC(C)C1CCCC(N2CC3CNCC3C2)C1. The predicted octanol–water partition coefficient (Wildman–Crippen LogP) is 2.35. The van der Waals surface area contributed by atoms with E-state index in [1.807, 2.05) is 0 Å². The minimum atomic E-state index is 0.890. The van der Waals surface area contributed by atoms with Crippen LogP contribution in [0.25, 0.3) is 0 Å². The largest absolute Gasteiger partial charge is 0.316 e. The Labute approximate surface area is 106 Å². The second kappa shape index (κ2) is 4.89. The molecule has 1 aliphatic carbocycles. The van der Waals surface area contributed by atoms with Crippen molar-refractivity contribution in [3.8, 4) is 0 Å². The standard InChI is InChI=1S/C15H28N2/c1-11(2)12-4-3-5-15(6-12)17-9-13-7-16-8-14(13)10-17/h11-16H,3-10H2,1-2H3. The summed E-state index contributed by atoms with van der Waals surface area (Å²) in [4.78, 5) is 2.84. The van der Waals surface area contributed by atoms with Crippen molar-refractivity contribution in [3.05, 3.63) is 0 Å². The number of nitrogens with one attached hydrogen (secondary N) is 1. The van der Waals surface area contributed by atoms with E-state index in [9.17, 15) is 0 Å². The van der Waals surface area contributed by atoms with Gasteiger partial charge in [-0.3, -0.25) is 4.90 Å². The second-order valence-electron chi connectivity index (χ2n) is 6.96. The molecule has 0 amide bonds. The third kappa shape index (κ3) is 2.39. The first kappa shape index (κ1) is 12.0. The normalized spacial score (nSPS) is 43.2. The molecule has 2 saturated heterocycles. The van der Waals surface area contributed by atoms with E-state index in [1.165, 1.54) is 51.9 Å². The fraction of sp³-hybridized carbons (Fsp3) is 1.00. The Morgan fingerprint density at radius 3 is 2.41 bits per heavy atom. The van der Waals surface area contributed by atoms with Gasteiger partial charge in [-0.1, -0.05) is 26.7 Å². The number of fused-ring (bicyclic) bond motifs is 1. The molecule has 0 spiro atoms. The Kier molecular flexibility index (Phi) is 3.45. The van der Waals surface area contributed by atoms with Crippen LogP contribution in [0.4, 0.5) is 0 Å². The summed E-state index contributed by atoms with van der Waals surface area (Å²) in [7, 11) is 0. The van der Waals surface area contributed by atoms with Crippen molar-refractivity contribution >= 4 is 0 Å². The van der Waals surface area contributed by atoms with Crippen LogP contribution in [0.15, 0.2) is 0 Å². The monoisotopic (exact) mass is 236 g/mol. The van der Waals surface area contributed by atoms with Crippen LogP contribution in [0.3, 0.4) is 0 Å². The summed E-state index contributed by atoms with van der Waals surface area (Å²) in [5, 5.41) is 3.55. The van der Waals surface area contributed by atoms with Crippen LogP contribution in [0.2, 0.25) is 0 Å².